The summed E-state index contributed by atoms with van der Waals surface area (Å²) in [5, 5.41) is 2.78. The molecule has 6 nitrogen and oxygen atoms in total. The van der Waals surface area contributed by atoms with E-state index in [1.54, 1.807) is 18.3 Å². The SMILES string of the molecule is CC(C)CNC(=O)CN1C(=O)COc2cccnc21. The van der Waals surface area contributed by atoms with Crippen LogP contribution in [0.25, 0.3) is 0 Å². The number of fused-ring (bicyclic) bond motifs is 1. The zero-order valence-corrected chi connectivity index (χ0v) is 11.0. The minimum Gasteiger partial charge on any atom is -0.480 e. The van der Waals surface area contributed by atoms with Gasteiger partial charge in [-0.3, -0.25) is 14.5 Å². The van der Waals surface area contributed by atoms with E-state index in [1.807, 2.05) is 13.8 Å². The Hall–Kier alpha value is -2.11. The summed E-state index contributed by atoms with van der Waals surface area (Å²) in [5.74, 6) is 0.846. The monoisotopic (exact) mass is 263 g/mol. The highest BCUT2D eigenvalue weighted by Gasteiger charge is 2.28. The summed E-state index contributed by atoms with van der Waals surface area (Å²) in [6.45, 7) is 4.52. The van der Waals surface area contributed by atoms with E-state index in [4.69, 9.17) is 4.74 Å². The predicted molar refractivity (Wildman–Crippen MR) is 69.9 cm³/mol. The molecule has 0 unspecified atom stereocenters. The van der Waals surface area contributed by atoms with Crippen LogP contribution in [0.2, 0.25) is 0 Å². The molecule has 0 atom stereocenters. The molecule has 102 valence electrons. The van der Waals surface area contributed by atoms with Gasteiger partial charge in [0, 0.05) is 12.7 Å². The van der Waals surface area contributed by atoms with Crippen LogP contribution in [0.4, 0.5) is 5.82 Å². The fourth-order valence-corrected chi connectivity index (χ4v) is 1.71. The molecule has 2 rings (SSSR count). The van der Waals surface area contributed by atoms with Gasteiger partial charge in [-0.05, 0) is 18.1 Å². The van der Waals surface area contributed by atoms with Gasteiger partial charge in [0.1, 0.15) is 6.54 Å². The van der Waals surface area contributed by atoms with Crippen molar-refractivity contribution < 1.29 is 14.3 Å². The van der Waals surface area contributed by atoms with Gasteiger partial charge in [-0.15, -0.1) is 0 Å². The maximum absolute atomic E-state index is 11.8. The molecule has 0 saturated heterocycles. The van der Waals surface area contributed by atoms with Gasteiger partial charge in [-0.2, -0.15) is 0 Å². The average Bonchev–Trinajstić information content (AvgIpc) is 2.40. The molecule has 0 fully saturated rings. The highest BCUT2D eigenvalue weighted by atomic mass is 16.5. The first kappa shape index (κ1) is 13.3. The molecule has 0 bridgehead atoms. The van der Waals surface area contributed by atoms with E-state index in [9.17, 15) is 9.59 Å². The van der Waals surface area contributed by atoms with Crippen LogP contribution >= 0.6 is 0 Å². The number of pyridine rings is 1. The Morgan fingerprint density at radius 3 is 3.11 bits per heavy atom. The molecular formula is C13H17N3O3. The van der Waals surface area contributed by atoms with Crippen LogP contribution in [0, 0.1) is 5.92 Å². The fraction of sp³-hybridized carbons (Fsp3) is 0.462. The second kappa shape index (κ2) is 5.69. The Bertz CT molecular complexity index is 488. The van der Waals surface area contributed by atoms with Crippen LogP contribution in [0.15, 0.2) is 18.3 Å². The lowest BCUT2D eigenvalue weighted by Gasteiger charge is -2.27. The Morgan fingerprint density at radius 1 is 1.58 bits per heavy atom. The highest BCUT2D eigenvalue weighted by Crippen LogP contribution is 2.28. The van der Waals surface area contributed by atoms with Gasteiger partial charge in [0.15, 0.2) is 18.2 Å². The minimum absolute atomic E-state index is 0.0288. The van der Waals surface area contributed by atoms with E-state index < -0.39 is 0 Å². The van der Waals surface area contributed by atoms with E-state index in [0.717, 1.165) is 0 Å². The van der Waals surface area contributed by atoms with E-state index in [0.29, 0.717) is 24.0 Å². The van der Waals surface area contributed by atoms with Crippen LogP contribution < -0.4 is 15.0 Å². The molecule has 1 aromatic heterocycles. The zero-order chi connectivity index (χ0) is 13.8. The van der Waals surface area contributed by atoms with Gasteiger partial charge in [-0.25, -0.2) is 4.98 Å². The minimum atomic E-state index is -0.258. The van der Waals surface area contributed by atoms with Gasteiger partial charge in [-0.1, -0.05) is 13.8 Å². The number of rotatable bonds is 4. The molecule has 0 saturated carbocycles. The molecule has 0 spiro atoms. The van der Waals surface area contributed by atoms with Gasteiger partial charge < -0.3 is 10.1 Å². The number of anilines is 1. The van der Waals surface area contributed by atoms with Crippen molar-refractivity contribution in [3.05, 3.63) is 18.3 Å². The van der Waals surface area contributed by atoms with Crippen LogP contribution in [-0.4, -0.2) is 36.5 Å². The van der Waals surface area contributed by atoms with E-state index >= 15 is 0 Å². The number of nitrogens with zero attached hydrogens (tertiary/aromatic N) is 2. The molecule has 2 heterocycles. The van der Waals surface area contributed by atoms with Crippen LogP contribution in [-0.2, 0) is 9.59 Å². The molecule has 1 aromatic rings. The summed E-state index contributed by atoms with van der Waals surface area (Å²) in [6.07, 6.45) is 1.57. The van der Waals surface area contributed by atoms with Gasteiger partial charge in [0.25, 0.3) is 5.91 Å². The summed E-state index contributed by atoms with van der Waals surface area (Å²) in [7, 11) is 0. The molecule has 2 amide bonds. The number of carbonyl (C=O) groups excluding carboxylic acids is 2. The van der Waals surface area contributed by atoms with E-state index in [-0.39, 0.29) is 25.0 Å². The molecule has 1 aliphatic heterocycles. The number of hydrogen-bond acceptors (Lipinski definition) is 4. The second-order valence-electron chi connectivity index (χ2n) is 4.79. The first-order chi connectivity index (χ1) is 9.08. The Kier molecular flexibility index (Phi) is 3.99. The molecule has 19 heavy (non-hydrogen) atoms. The Labute approximate surface area is 111 Å². The number of carbonyl (C=O) groups is 2. The summed E-state index contributed by atoms with van der Waals surface area (Å²) >= 11 is 0. The molecule has 0 aliphatic carbocycles. The van der Waals surface area contributed by atoms with Crippen molar-refractivity contribution in [2.45, 2.75) is 13.8 Å². The van der Waals surface area contributed by atoms with Crippen molar-refractivity contribution >= 4 is 17.6 Å². The van der Waals surface area contributed by atoms with Crippen molar-refractivity contribution in [2.75, 3.05) is 24.6 Å². The Morgan fingerprint density at radius 2 is 2.37 bits per heavy atom. The third-order valence-corrected chi connectivity index (χ3v) is 2.67. The lowest BCUT2D eigenvalue weighted by atomic mass is 10.2. The van der Waals surface area contributed by atoms with Gasteiger partial charge in [0.2, 0.25) is 5.91 Å². The number of nitrogens with one attached hydrogen (secondary N) is 1. The highest BCUT2D eigenvalue weighted by molar-refractivity contribution is 6.01. The lowest BCUT2D eigenvalue weighted by molar-refractivity contribution is -0.125. The normalized spacial score (nSPS) is 14.1. The number of ether oxygens (including phenoxy) is 1. The number of aromatic nitrogens is 1. The number of hydrogen-bond donors (Lipinski definition) is 1. The first-order valence-corrected chi connectivity index (χ1v) is 6.23. The van der Waals surface area contributed by atoms with E-state index in [2.05, 4.69) is 10.3 Å². The van der Waals surface area contributed by atoms with Crippen molar-refractivity contribution in [3.63, 3.8) is 0 Å². The maximum Gasteiger partial charge on any atom is 0.266 e. The topological polar surface area (TPSA) is 71.5 Å². The van der Waals surface area contributed by atoms with Crippen molar-refractivity contribution in [3.8, 4) is 5.75 Å². The van der Waals surface area contributed by atoms with Crippen molar-refractivity contribution in [2.24, 2.45) is 5.92 Å². The average molecular weight is 263 g/mol. The third-order valence-electron chi connectivity index (χ3n) is 2.67. The first-order valence-electron chi connectivity index (χ1n) is 6.23. The predicted octanol–water partition coefficient (Wildman–Crippen LogP) is 0.579. The summed E-state index contributed by atoms with van der Waals surface area (Å²) in [5.41, 5.74) is 0. The van der Waals surface area contributed by atoms with E-state index in [1.165, 1.54) is 4.90 Å². The van der Waals surface area contributed by atoms with Crippen molar-refractivity contribution in [1.82, 2.24) is 10.3 Å². The molecule has 0 radical (unpaired) electrons. The Balaban J connectivity index is 2.07. The zero-order valence-electron chi connectivity index (χ0n) is 11.0. The molecular weight excluding hydrogens is 246 g/mol. The molecule has 6 heteroatoms. The summed E-state index contributed by atoms with van der Waals surface area (Å²) < 4.78 is 5.26. The summed E-state index contributed by atoms with van der Waals surface area (Å²) in [4.78, 5) is 29.1. The standard InChI is InChI=1S/C13H17N3O3/c1-9(2)6-15-11(17)7-16-12(18)8-19-10-4-3-5-14-13(10)16/h3-5,9H,6-8H2,1-2H3,(H,15,17). The maximum atomic E-state index is 11.8. The smallest absolute Gasteiger partial charge is 0.266 e. The van der Waals surface area contributed by atoms with Crippen LogP contribution in [0.5, 0.6) is 5.75 Å². The van der Waals surface area contributed by atoms with Gasteiger partial charge in [0.05, 0.1) is 0 Å². The van der Waals surface area contributed by atoms with Gasteiger partial charge >= 0.3 is 0 Å². The van der Waals surface area contributed by atoms with Crippen LogP contribution in [0.3, 0.4) is 0 Å². The molecule has 1 N–H and O–H groups in total. The fourth-order valence-electron chi connectivity index (χ4n) is 1.71. The lowest BCUT2D eigenvalue weighted by Crippen LogP contribution is -2.46. The third kappa shape index (κ3) is 3.21. The largest absolute Gasteiger partial charge is 0.480 e. The summed E-state index contributed by atoms with van der Waals surface area (Å²) in [6, 6.07) is 3.46. The molecule has 0 aromatic carbocycles. The molecule has 1 aliphatic rings. The second-order valence-corrected chi connectivity index (χ2v) is 4.79. The number of amides is 2. The quantitative estimate of drug-likeness (QED) is 0.862. The van der Waals surface area contributed by atoms with Crippen LogP contribution in [0.1, 0.15) is 13.8 Å². The van der Waals surface area contributed by atoms with Crippen molar-refractivity contribution in [1.29, 1.82) is 0 Å².